The lowest BCUT2D eigenvalue weighted by molar-refractivity contribution is -0.169. The molecule has 0 spiro atoms. The maximum atomic E-state index is 13.9. The van der Waals surface area contributed by atoms with Gasteiger partial charge in [0.1, 0.15) is 12.4 Å². The smallest absolute Gasteiger partial charge is 0.346 e. The van der Waals surface area contributed by atoms with Crippen LogP contribution in [0.2, 0.25) is 15.1 Å². The second-order valence-electron chi connectivity index (χ2n) is 10.7. The molecule has 6 rings (SSSR count). The van der Waals surface area contributed by atoms with Gasteiger partial charge in [0.15, 0.2) is 0 Å². The minimum Gasteiger partial charge on any atom is -0.431 e. The molecular weight excluding hydrogens is 587 g/mol. The number of hydrogen-bond acceptors (Lipinski definition) is 6. The second kappa shape index (κ2) is 10.7. The summed E-state index contributed by atoms with van der Waals surface area (Å²) >= 11 is 20.6. The number of benzene rings is 3. The van der Waals surface area contributed by atoms with E-state index in [1.165, 1.54) is 0 Å². The molecule has 3 aromatic carbocycles. The van der Waals surface area contributed by atoms with Crippen LogP contribution in [0.1, 0.15) is 47.7 Å². The normalized spacial score (nSPS) is 24.4. The van der Waals surface area contributed by atoms with Gasteiger partial charge in [-0.05, 0) is 47.0 Å². The minimum atomic E-state index is -1.66. The maximum Gasteiger partial charge on any atom is 0.346 e. The Bertz CT molecular complexity index is 1570. The van der Waals surface area contributed by atoms with E-state index in [0.29, 0.717) is 50.5 Å². The van der Waals surface area contributed by atoms with Crippen LogP contribution in [0.4, 0.5) is 0 Å². The molecule has 0 saturated carbocycles. The van der Waals surface area contributed by atoms with Gasteiger partial charge in [-0.1, -0.05) is 77.3 Å². The molecule has 7 nitrogen and oxygen atoms in total. The first-order valence-corrected chi connectivity index (χ1v) is 14.2. The Labute approximate surface area is 252 Å². The SMILES string of the molecule is CC1(C)OC(=O)C(c2cccc(Cl)c2)(C(c2ccn[nH]2)c2cc(Cl)c(C3(Cc4ccccc4)COCO3)cc2Cl)O1. The topological polar surface area (TPSA) is 82.7 Å². The number of ether oxygens (including phenoxy) is 4. The van der Waals surface area contributed by atoms with E-state index < -0.39 is 28.9 Å². The summed E-state index contributed by atoms with van der Waals surface area (Å²) in [6, 6.07) is 22.2. The molecule has 1 N–H and O–H groups in total. The minimum absolute atomic E-state index is 0.131. The van der Waals surface area contributed by atoms with Crippen LogP contribution < -0.4 is 0 Å². The van der Waals surface area contributed by atoms with Gasteiger partial charge in [0.2, 0.25) is 11.4 Å². The number of halogens is 3. The summed E-state index contributed by atoms with van der Waals surface area (Å²) in [5.74, 6) is -2.65. The predicted molar refractivity (Wildman–Crippen MR) is 155 cm³/mol. The quantitative estimate of drug-likeness (QED) is 0.223. The fourth-order valence-electron chi connectivity index (χ4n) is 5.84. The van der Waals surface area contributed by atoms with E-state index in [1.54, 1.807) is 62.5 Å². The number of nitrogens with one attached hydrogen (secondary N) is 1. The van der Waals surface area contributed by atoms with Crippen molar-refractivity contribution in [3.8, 4) is 0 Å². The van der Waals surface area contributed by atoms with E-state index in [0.717, 1.165) is 5.56 Å². The highest BCUT2D eigenvalue weighted by Gasteiger charge is 2.61. The molecule has 10 heteroatoms. The van der Waals surface area contributed by atoms with Gasteiger partial charge in [-0.25, -0.2) is 4.79 Å². The number of esters is 1. The molecule has 212 valence electrons. The molecule has 3 unspecified atom stereocenters. The largest absolute Gasteiger partial charge is 0.431 e. The van der Waals surface area contributed by atoms with Crippen LogP contribution in [0, 0.1) is 0 Å². The highest BCUT2D eigenvalue weighted by atomic mass is 35.5. The molecule has 4 aromatic rings. The van der Waals surface area contributed by atoms with Gasteiger partial charge in [0.05, 0.1) is 12.5 Å². The molecular formula is C31H27Cl3N2O5. The number of hydrogen-bond donors (Lipinski definition) is 1. The number of carbonyl (C=O) groups is 1. The van der Waals surface area contributed by atoms with E-state index >= 15 is 0 Å². The molecule has 2 saturated heterocycles. The third-order valence-electron chi connectivity index (χ3n) is 7.52. The Morgan fingerprint density at radius 3 is 2.41 bits per heavy atom. The Hall–Kier alpha value is -2.91. The number of nitrogens with zero attached hydrogens (tertiary/aromatic N) is 1. The standard InChI is InChI=1S/C31H27Cl3N2O5/c1-29(2)40-28(37)31(41-29,20-9-6-10-21(32)13-20)27(26-11-12-35-36-26)22-14-25(34)23(15-24(22)33)30(17-38-18-39-30)16-19-7-4-3-5-8-19/h3-15,27H,16-18H2,1-2H3,(H,35,36). The van der Waals surface area contributed by atoms with Crippen molar-refractivity contribution < 1.29 is 23.7 Å². The summed E-state index contributed by atoms with van der Waals surface area (Å²) in [5.41, 5.74) is 0.852. The van der Waals surface area contributed by atoms with Crippen LogP contribution in [-0.2, 0) is 41.4 Å². The van der Waals surface area contributed by atoms with Gasteiger partial charge in [0.25, 0.3) is 0 Å². The molecule has 0 amide bonds. The van der Waals surface area contributed by atoms with Crippen molar-refractivity contribution in [2.75, 3.05) is 13.4 Å². The second-order valence-corrected chi connectivity index (χ2v) is 12.0. The first kappa shape index (κ1) is 28.2. The maximum absolute atomic E-state index is 13.9. The molecule has 0 radical (unpaired) electrons. The zero-order valence-electron chi connectivity index (χ0n) is 22.3. The van der Waals surface area contributed by atoms with Crippen LogP contribution in [0.15, 0.2) is 79.0 Å². The van der Waals surface area contributed by atoms with E-state index in [4.69, 9.17) is 53.8 Å². The molecule has 0 bridgehead atoms. The van der Waals surface area contributed by atoms with Crippen molar-refractivity contribution in [1.29, 1.82) is 0 Å². The first-order chi connectivity index (χ1) is 19.6. The zero-order valence-corrected chi connectivity index (χ0v) is 24.6. The van der Waals surface area contributed by atoms with Crippen molar-refractivity contribution in [2.45, 2.75) is 43.2 Å². The Balaban J connectivity index is 1.54. The van der Waals surface area contributed by atoms with Gasteiger partial charge in [-0.2, -0.15) is 5.10 Å². The van der Waals surface area contributed by atoms with Crippen molar-refractivity contribution in [2.24, 2.45) is 0 Å². The number of carbonyl (C=O) groups excluding carboxylic acids is 1. The number of cyclic esters (lactones) is 1. The number of aromatic amines is 1. The highest BCUT2D eigenvalue weighted by molar-refractivity contribution is 6.34. The zero-order chi connectivity index (χ0) is 28.8. The van der Waals surface area contributed by atoms with Crippen molar-refractivity contribution >= 4 is 40.8 Å². The lowest BCUT2D eigenvalue weighted by Gasteiger charge is -2.36. The predicted octanol–water partition coefficient (Wildman–Crippen LogP) is 7.15. The molecule has 3 atom stereocenters. The van der Waals surface area contributed by atoms with Gasteiger partial charge >= 0.3 is 5.97 Å². The summed E-state index contributed by atoms with van der Waals surface area (Å²) < 4.78 is 24.2. The molecule has 41 heavy (non-hydrogen) atoms. The molecule has 0 aliphatic carbocycles. The average molecular weight is 614 g/mol. The summed E-state index contributed by atoms with van der Waals surface area (Å²) in [4.78, 5) is 13.9. The third-order valence-corrected chi connectivity index (χ3v) is 8.39. The van der Waals surface area contributed by atoms with Crippen LogP contribution in [0.25, 0.3) is 0 Å². The van der Waals surface area contributed by atoms with Crippen LogP contribution in [-0.4, -0.2) is 35.4 Å². The van der Waals surface area contributed by atoms with Gasteiger partial charge in [-0.15, -0.1) is 0 Å². The van der Waals surface area contributed by atoms with Crippen molar-refractivity contribution in [3.63, 3.8) is 0 Å². The van der Waals surface area contributed by atoms with Crippen LogP contribution >= 0.6 is 34.8 Å². The van der Waals surface area contributed by atoms with Crippen LogP contribution in [0.5, 0.6) is 0 Å². The van der Waals surface area contributed by atoms with E-state index in [1.807, 2.05) is 30.3 Å². The fraction of sp³-hybridized carbons (Fsp3) is 0.290. The summed E-state index contributed by atoms with van der Waals surface area (Å²) in [5, 5.41) is 8.37. The first-order valence-electron chi connectivity index (χ1n) is 13.1. The van der Waals surface area contributed by atoms with Crippen molar-refractivity contribution in [1.82, 2.24) is 10.2 Å². The Kier molecular flexibility index (Phi) is 7.39. The third kappa shape index (κ3) is 5.05. The summed E-state index contributed by atoms with van der Waals surface area (Å²) in [7, 11) is 0. The average Bonchev–Trinajstić information content (AvgIpc) is 3.68. The molecule has 2 aliphatic rings. The lowest BCUT2D eigenvalue weighted by atomic mass is 9.74. The van der Waals surface area contributed by atoms with E-state index in [9.17, 15) is 4.79 Å². The number of H-pyrrole nitrogens is 1. The fourth-order valence-corrected chi connectivity index (χ4v) is 6.64. The van der Waals surface area contributed by atoms with Crippen molar-refractivity contribution in [3.05, 3.63) is 122 Å². The Morgan fingerprint density at radius 2 is 1.78 bits per heavy atom. The van der Waals surface area contributed by atoms with Gasteiger partial charge < -0.3 is 18.9 Å². The van der Waals surface area contributed by atoms with Gasteiger partial charge in [0, 0.05) is 52.8 Å². The molecule has 1 aromatic heterocycles. The van der Waals surface area contributed by atoms with E-state index in [-0.39, 0.29) is 6.79 Å². The molecule has 2 aliphatic heterocycles. The van der Waals surface area contributed by atoms with E-state index in [2.05, 4.69) is 10.2 Å². The van der Waals surface area contributed by atoms with Gasteiger partial charge in [-0.3, -0.25) is 5.10 Å². The molecule has 3 heterocycles. The lowest BCUT2D eigenvalue weighted by Crippen LogP contribution is -2.42. The Morgan fingerprint density at radius 1 is 0.976 bits per heavy atom. The monoisotopic (exact) mass is 612 g/mol. The molecule has 2 fully saturated rings. The van der Waals surface area contributed by atoms with Crippen LogP contribution in [0.3, 0.4) is 0 Å². The number of rotatable bonds is 7. The number of aromatic nitrogens is 2. The highest BCUT2D eigenvalue weighted by Crippen LogP contribution is 2.54. The summed E-state index contributed by atoms with van der Waals surface area (Å²) in [6.45, 7) is 3.80. The summed E-state index contributed by atoms with van der Waals surface area (Å²) in [6.07, 6.45) is 2.13.